The molecule has 0 aliphatic carbocycles. The molecule has 2 N–H and O–H groups in total. The van der Waals surface area contributed by atoms with Crippen molar-refractivity contribution in [3.05, 3.63) is 41.5 Å². The van der Waals surface area contributed by atoms with Crippen molar-refractivity contribution in [3.63, 3.8) is 0 Å². The minimum atomic E-state index is -4.57. The molecule has 2 rings (SSSR count). The van der Waals surface area contributed by atoms with Crippen molar-refractivity contribution in [3.8, 4) is 11.3 Å². The summed E-state index contributed by atoms with van der Waals surface area (Å²) in [7, 11) is 0. The van der Waals surface area contributed by atoms with E-state index < -0.39 is 12.1 Å². The average molecular weight is 256 g/mol. The van der Waals surface area contributed by atoms with Gasteiger partial charge in [-0.15, -0.1) is 0 Å². The van der Waals surface area contributed by atoms with E-state index in [4.69, 9.17) is 5.73 Å². The molecule has 96 valence electrons. The number of rotatable bonds is 2. The normalized spacial score (nSPS) is 11.8. The third-order valence-corrected chi connectivity index (χ3v) is 2.48. The van der Waals surface area contributed by atoms with Crippen molar-refractivity contribution in [1.82, 2.24) is 4.98 Å². The van der Waals surface area contributed by atoms with E-state index in [0.29, 0.717) is 12.1 Å². The third kappa shape index (κ3) is 2.38. The van der Waals surface area contributed by atoms with Crippen LogP contribution < -0.4 is 5.73 Å². The van der Waals surface area contributed by atoms with Crippen LogP contribution in [0.25, 0.3) is 11.3 Å². The third-order valence-electron chi connectivity index (χ3n) is 2.48. The second-order valence-electron chi connectivity index (χ2n) is 3.83. The number of nitrogens with zero attached hydrogens (tertiary/aromatic N) is 1. The molecule has 6 heteroatoms. The molecule has 0 unspecified atom stereocenters. The van der Waals surface area contributed by atoms with Gasteiger partial charge >= 0.3 is 12.1 Å². The van der Waals surface area contributed by atoms with Crippen LogP contribution in [0.3, 0.4) is 0 Å². The maximum absolute atomic E-state index is 12.5. The quantitative estimate of drug-likeness (QED) is 0.898. The first-order valence-electron chi connectivity index (χ1n) is 5.26. The first kappa shape index (κ1) is 12.6. The van der Waals surface area contributed by atoms with E-state index in [0.717, 1.165) is 5.56 Å². The minimum Gasteiger partial charge on any atom is -0.438 e. The lowest BCUT2D eigenvalue weighted by Crippen LogP contribution is -2.04. The zero-order valence-corrected chi connectivity index (χ0v) is 9.58. The van der Waals surface area contributed by atoms with Crippen molar-refractivity contribution >= 4 is 0 Å². The lowest BCUT2D eigenvalue weighted by Gasteiger charge is -2.01. The van der Waals surface area contributed by atoms with E-state index >= 15 is 0 Å². The summed E-state index contributed by atoms with van der Waals surface area (Å²) in [5, 5.41) is 0. The number of alkyl halides is 3. The van der Waals surface area contributed by atoms with Crippen LogP contribution in [0.15, 0.2) is 28.7 Å². The summed E-state index contributed by atoms with van der Waals surface area (Å²) in [5.41, 5.74) is 7.06. The van der Waals surface area contributed by atoms with E-state index in [1.165, 1.54) is 6.92 Å². The summed E-state index contributed by atoms with van der Waals surface area (Å²) in [6.07, 6.45) is -4.57. The Morgan fingerprint density at radius 2 is 2.06 bits per heavy atom. The molecule has 0 saturated carbocycles. The Kier molecular flexibility index (Phi) is 3.13. The van der Waals surface area contributed by atoms with Gasteiger partial charge in [0.15, 0.2) is 0 Å². The van der Waals surface area contributed by atoms with Gasteiger partial charge in [0.05, 0.1) is 0 Å². The lowest BCUT2D eigenvalue weighted by atomic mass is 10.1. The molecule has 3 nitrogen and oxygen atoms in total. The second-order valence-corrected chi connectivity index (χ2v) is 3.83. The second kappa shape index (κ2) is 4.45. The van der Waals surface area contributed by atoms with Crippen LogP contribution >= 0.6 is 0 Å². The highest BCUT2D eigenvalue weighted by molar-refractivity contribution is 5.62. The summed E-state index contributed by atoms with van der Waals surface area (Å²) in [6, 6.07) is 6.89. The highest BCUT2D eigenvalue weighted by Gasteiger charge is 2.38. The fourth-order valence-corrected chi connectivity index (χ4v) is 1.63. The fraction of sp³-hybridized carbons (Fsp3) is 0.250. The molecular formula is C12H11F3N2O. The van der Waals surface area contributed by atoms with Crippen LogP contribution in [-0.2, 0) is 12.7 Å². The number of hydrogen-bond donors (Lipinski definition) is 1. The Labute approximate surface area is 101 Å². The van der Waals surface area contributed by atoms with Gasteiger partial charge in [-0.05, 0) is 18.6 Å². The van der Waals surface area contributed by atoms with Gasteiger partial charge in [0.25, 0.3) is 0 Å². The summed E-state index contributed by atoms with van der Waals surface area (Å²) < 4.78 is 42.0. The molecule has 0 atom stereocenters. The van der Waals surface area contributed by atoms with Gasteiger partial charge in [-0.1, -0.05) is 18.2 Å². The topological polar surface area (TPSA) is 52.0 Å². The van der Waals surface area contributed by atoms with Gasteiger partial charge in [0, 0.05) is 12.1 Å². The molecule has 0 amide bonds. The van der Waals surface area contributed by atoms with Crippen LogP contribution in [0, 0.1) is 6.92 Å². The van der Waals surface area contributed by atoms with Crippen LogP contribution in [-0.4, -0.2) is 4.98 Å². The van der Waals surface area contributed by atoms with Crippen LogP contribution in [0.5, 0.6) is 0 Å². The Hall–Kier alpha value is -1.82. The lowest BCUT2D eigenvalue weighted by molar-refractivity contribution is -0.157. The number of aromatic nitrogens is 1. The van der Waals surface area contributed by atoms with Gasteiger partial charge in [-0.3, -0.25) is 0 Å². The van der Waals surface area contributed by atoms with Crippen molar-refractivity contribution < 1.29 is 17.6 Å². The van der Waals surface area contributed by atoms with Gasteiger partial charge < -0.3 is 10.2 Å². The highest BCUT2D eigenvalue weighted by atomic mass is 19.4. The zero-order valence-electron chi connectivity index (χ0n) is 9.58. The number of oxazole rings is 1. The van der Waals surface area contributed by atoms with E-state index in [2.05, 4.69) is 9.40 Å². The van der Waals surface area contributed by atoms with Gasteiger partial charge in [0.1, 0.15) is 11.5 Å². The average Bonchev–Trinajstić information content (AvgIpc) is 2.71. The van der Waals surface area contributed by atoms with Gasteiger partial charge in [0.2, 0.25) is 0 Å². The molecule has 0 saturated heterocycles. The number of aryl methyl sites for hydroxylation is 1. The molecule has 0 spiro atoms. The van der Waals surface area contributed by atoms with Crippen LogP contribution in [0.4, 0.5) is 13.2 Å². The van der Waals surface area contributed by atoms with E-state index in [1.54, 1.807) is 24.3 Å². The first-order valence-corrected chi connectivity index (χ1v) is 5.26. The molecule has 1 aromatic carbocycles. The van der Waals surface area contributed by atoms with E-state index in [-0.39, 0.29) is 11.5 Å². The molecule has 1 heterocycles. The minimum absolute atomic E-state index is 0.136. The van der Waals surface area contributed by atoms with Crippen molar-refractivity contribution in [2.45, 2.75) is 19.6 Å². The predicted molar refractivity (Wildman–Crippen MR) is 59.6 cm³/mol. The number of nitrogens with two attached hydrogens (primary N) is 1. The van der Waals surface area contributed by atoms with Crippen molar-refractivity contribution in [2.75, 3.05) is 0 Å². The maximum Gasteiger partial charge on any atom is 0.468 e. The molecule has 0 aliphatic rings. The summed E-state index contributed by atoms with van der Waals surface area (Å²) >= 11 is 0. The Morgan fingerprint density at radius 1 is 1.33 bits per heavy atom. The smallest absolute Gasteiger partial charge is 0.438 e. The van der Waals surface area contributed by atoms with E-state index in [1.807, 2.05) is 0 Å². The number of benzene rings is 1. The summed E-state index contributed by atoms with van der Waals surface area (Å²) in [6.45, 7) is 1.77. The molecule has 2 aromatic rings. The summed E-state index contributed by atoms with van der Waals surface area (Å²) in [4.78, 5) is 3.49. The highest BCUT2D eigenvalue weighted by Crippen LogP contribution is 2.33. The number of hydrogen-bond acceptors (Lipinski definition) is 3. The fourth-order valence-electron chi connectivity index (χ4n) is 1.63. The predicted octanol–water partition coefficient (Wildman–Crippen LogP) is 3.13. The van der Waals surface area contributed by atoms with Crippen molar-refractivity contribution in [2.24, 2.45) is 5.73 Å². The molecule has 0 radical (unpaired) electrons. The van der Waals surface area contributed by atoms with Gasteiger partial charge in [-0.25, -0.2) is 4.98 Å². The monoisotopic (exact) mass is 256 g/mol. The molecule has 0 bridgehead atoms. The standard InChI is InChI=1S/C12H11F3N2O/c1-7-10(17-11(18-7)12(13,14)15)9-4-2-3-8(5-9)6-16/h2-5H,6,16H2,1H3. The van der Waals surface area contributed by atoms with Crippen LogP contribution in [0.2, 0.25) is 0 Å². The first-order chi connectivity index (χ1) is 8.41. The SMILES string of the molecule is Cc1oc(C(F)(F)F)nc1-c1cccc(CN)c1. The van der Waals surface area contributed by atoms with Crippen LogP contribution in [0.1, 0.15) is 17.2 Å². The molecular weight excluding hydrogens is 245 g/mol. The van der Waals surface area contributed by atoms with E-state index in [9.17, 15) is 13.2 Å². The van der Waals surface area contributed by atoms with Crippen molar-refractivity contribution in [1.29, 1.82) is 0 Å². The Morgan fingerprint density at radius 3 is 2.61 bits per heavy atom. The number of halogens is 3. The Balaban J connectivity index is 2.47. The van der Waals surface area contributed by atoms with Gasteiger partial charge in [-0.2, -0.15) is 13.2 Å². The molecule has 0 fully saturated rings. The molecule has 1 aromatic heterocycles. The Bertz CT molecular complexity index is 561. The maximum atomic E-state index is 12.5. The largest absolute Gasteiger partial charge is 0.468 e. The zero-order chi connectivity index (χ0) is 13.3. The summed E-state index contributed by atoms with van der Waals surface area (Å²) in [5.74, 6) is -1.09. The molecule has 0 aliphatic heterocycles. The molecule has 18 heavy (non-hydrogen) atoms.